The molecule has 7 nitrogen and oxygen atoms in total. The Labute approximate surface area is 157 Å². The van der Waals surface area contributed by atoms with Crippen molar-refractivity contribution >= 4 is 23.3 Å². The van der Waals surface area contributed by atoms with Crippen molar-refractivity contribution in [2.24, 2.45) is 0 Å². The molecule has 0 bridgehead atoms. The van der Waals surface area contributed by atoms with Gasteiger partial charge in [-0.1, -0.05) is 0 Å². The van der Waals surface area contributed by atoms with Crippen LogP contribution < -0.4 is 10.6 Å². The molecule has 0 atom stereocenters. The summed E-state index contributed by atoms with van der Waals surface area (Å²) in [5, 5.41) is 5.28. The number of nitrogens with one attached hydrogen (secondary N) is 2. The van der Waals surface area contributed by atoms with E-state index in [2.05, 4.69) is 30.3 Å². The van der Waals surface area contributed by atoms with E-state index >= 15 is 0 Å². The predicted molar refractivity (Wildman–Crippen MR) is 96.0 cm³/mol. The largest absolute Gasteiger partial charge is 0.453 e. The van der Waals surface area contributed by atoms with Crippen LogP contribution in [0, 0.1) is 0 Å². The minimum Gasteiger partial charge on any atom is -0.453 e. The molecule has 0 aliphatic rings. The number of anilines is 3. The molecule has 0 saturated heterocycles. The first-order valence-electron chi connectivity index (χ1n) is 7.94. The molecule has 3 rings (SSSR count). The number of carbonyl (C=O) groups is 1. The number of pyridine rings is 1. The Kier molecular flexibility index (Phi) is 5.39. The van der Waals surface area contributed by atoms with E-state index < -0.39 is 18.0 Å². The third-order valence-corrected chi connectivity index (χ3v) is 3.54. The van der Waals surface area contributed by atoms with Gasteiger partial charge in [0.25, 0.3) is 0 Å². The highest BCUT2D eigenvalue weighted by Crippen LogP contribution is 2.31. The van der Waals surface area contributed by atoms with Crippen molar-refractivity contribution in [2.75, 3.05) is 17.7 Å². The molecule has 0 unspecified atom stereocenters. The van der Waals surface area contributed by atoms with Crippen LogP contribution in [0.1, 0.15) is 5.69 Å². The van der Waals surface area contributed by atoms with Crippen molar-refractivity contribution in [3.63, 3.8) is 0 Å². The van der Waals surface area contributed by atoms with Crippen LogP contribution in [0.4, 0.5) is 35.2 Å². The summed E-state index contributed by atoms with van der Waals surface area (Å²) in [5.41, 5.74) is 0.277. The van der Waals surface area contributed by atoms with Crippen molar-refractivity contribution in [2.45, 2.75) is 6.18 Å². The van der Waals surface area contributed by atoms with Crippen molar-refractivity contribution in [3.8, 4) is 11.4 Å². The highest BCUT2D eigenvalue weighted by atomic mass is 19.4. The smallest absolute Gasteiger partial charge is 0.433 e. The Morgan fingerprint density at radius 3 is 2.25 bits per heavy atom. The first kappa shape index (κ1) is 19.1. The zero-order valence-electron chi connectivity index (χ0n) is 14.5. The topological polar surface area (TPSA) is 89.0 Å². The van der Waals surface area contributed by atoms with Crippen LogP contribution in [-0.4, -0.2) is 28.2 Å². The fourth-order valence-electron chi connectivity index (χ4n) is 2.24. The number of hydrogen-bond acceptors (Lipinski definition) is 6. The molecule has 2 N–H and O–H groups in total. The molecule has 0 spiro atoms. The number of ether oxygens (including phenoxy) is 1. The maximum Gasteiger partial charge on any atom is 0.433 e. The summed E-state index contributed by atoms with van der Waals surface area (Å²) in [4.78, 5) is 22.8. The number of amides is 1. The summed E-state index contributed by atoms with van der Waals surface area (Å²) < 4.78 is 44.2. The summed E-state index contributed by atoms with van der Waals surface area (Å²) >= 11 is 0. The number of aromatic nitrogens is 3. The monoisotopic (exact) mass is 389 g/mol. The SMILES string of the molecule is COC(=O)Nc1ccc(Nc2cc(C(F)(F)F)nc(-c3ccncc3)n2)cc1. The molecular formula is C18H14F3N5O2. The van der Waals surface area contributed by atoms with Crippen LogP contribution in [0.25, 0.3) is 11.4 Å². The average molecular weight is 389 g/mol. The molecule has 0 fully saturated rings. The van der Waals surface area contributed by atoms with E-state index in [1.165, 1.54) is 31.6 Å². The second-order valence-corrected chi connectivity index (χ2v) is 5.51. The Morgan fingerprint density at radius 1 is 1.00 bits per heavy atom. The summed E-state index contributed by atoms with van der Waals surface area (Å²) in [6.07, 6.45) is -2.37. The van der Waals surface area contributed by atoms with Crippen molar-refractivity contribution in [1.82, 2.24) is 15.0 Å². The van der Waals surface area contributed by atoms with E-state index in [-0.39, 0.29) is 11.6 Å². The Bertz CT molecular complexity index is 963. The zero-order valence-corrected chi connectivity index (χ0v) is 14.5. The van der Waals surface area contributed by atoms with Crippen molar-refractivity contribution in [1.29, 1.82) is 0 Å². The lowest BCUT2D eigenvalue weighted by atomic mass is 10.2. The molecule has 1 amide bonds. The number of alkyl halides is 3. The molecular weight excluding hydrogens is 375 g/mol. The quantitative estimate of drug-likeness (QED) is 0.684. The lowest BCUT2D eigenvalue weighted by Gasteiger charge is -2.12. The first-order chi connectivity index (χ1) is 13.3. The number of hydrogen-bond donors (Lipinski definition) is 2. The minimum absolute atomic E-state index is 0.0252. The van der Waals surface area contributed by atoms with Gasteiger partial charge in [-0.2, -0.15) is 13.2 Å². The van der Waals surface area contributed by atoms with Gasteiger partial charge in [0.05, 0.1) is 7.11 Å². The fourth-order valence-corrected chi connectivity index (χ4v) is 2.24. The normalized spacial score (nSPS) is 11.0. The van der Waals surface area contributed by atoms with E-state index in [0.29, 0.717) is 16.9 Å². The summed E-state index contributed by atoms with van der Waals surface area (Å²) in [6, 6.07) is 10.1. The molecule has 1 aromatic carbocycles. The van der Waals surface area contributed by atoms with Gasteiger partial charge < -0.3 is 10.1 Å². The number of halogens is 3. The number of carbonyl (C=O) groups excluding carboxylic acids is 1. The number of benzene rings is 1. The maximum absolute atomic E-state index is 13.2. The van der Waals surface area contributed by atoms with Crippen LogP contribution in [0.2, 0.25) is 0 Å². The average Bonchev–Trinajstić information content (AvgIpc) is 2.69. The molecule has 144 valence electrons. The van der Waals surface area contributed by atoms with Gasteiger partial charge in [-0.05, 0) is 36.4 Å². The van der Waals surface area contributed by atoms with E-state index in [1.54, 1.807) is 24.3 Å². The molecule has 0 radical (unpaired) electrons. The number of nitrogens with zero attached hydrogens (tertiary/aromatic N) is 3. The van der Waals surface area contributed by atoms with Gasteiger partial charge in [0, 0.05) is 35.4 Å². The van der Waals surface area contributed by atoms with Crippen LogP contribution in [0.3, 0.4) is 0 Å². The second kappa shape index (κ2) is 7.91. The molecule has 3 aromatic rings. The second-order valence-electron chi connectivity index (χ2n) is 5.51. The first-order valence-corrected chi connectivity index (χ1v) is 7.94. The highest BCUT2D eigenvalue weighted by molar-refractivity contribution is 5.84. The molecule has 0 saturated carbocycles. The molecule has 10 heteroatoms. The molecule has 2 heterocycles. The van der Waals surface area contributed by atoms with Gasteiger partial charge in [-0.15, -0.1) is 0 Å². The van der Waals surface area contributed by atoms with Gasteiger partial charge in [0.2, 0.25) is 0 Å². The number of methoxy groups -OCH3 is 1. The van der Waals surface area contributed by atoms with Crippen LogP contribution in [-0.2, 0) is 10.9 Å². The lowest BCUT2D eigenvalue weighted by Crippen LogP contribution is -2.11. The third kappa shape index (κ3) is 4.72. The summed E-state index contributed by atoms with van der Waals surface area (Å²) in [7, 11) is 1.24. The molecule has 2 aromatic heterocycles. The standard InChI is InChI=1S/C18H14F3N5O2/c1-28-17(27)24-13-4-2-12(3-5-13)23-15-10-14(18(19,20)21)25-16(26-15)11-6-8-22-9-7-11/h2-10H,1H3,(H,24,27)(H,23,25,26). The van der Waals surface area contributed by atoms with Crippen LogP contribution in [0.5, 0.6) is 0 Å². The van der Waals surface area contributed by atoms with E-state index in [1.807, 2.05) is 0 Å². The van der Waals surface area contributed by atoms with Gasteiger partial charge in [0.15, 0.2) is 11.5 Å². The van der Waals surface area contributed by atoms with E-state index in [0.717, 1.165) is 6.07 Å². The highest BCUT2D eigenvalue weighted by Gasteiger charge is 2.33. The lowest BCUT2D eigenvalue weighted by molar-refractivity contribution is -0.141. The Hall–Kier alpha value is -3.69. The summed E-state index contributed by atoms with van der Waals surface area (Å²) in [6.45, 7) is 0. The van der Waals surface area contributed by atoms with Gasteiger partial charge in [-0.25, -0.2) is 14.8 Å². The Balaban J connectivity index is 1.90. The van der Waals surface area contributed by atoms with Crippen LogP contribution >= 0.6 is 0 Å². The molecule has 0 aliphatic heterocycles. The number of rotatable bonds is 4. The van der Waals surface area contributed by atoms with Gasteiger partial charge >= 0.3 is 12.3 Å². The van der Waals surface area contributed by atoms with Gasteiger partial charge in [-0.3, -0.25) is 10.3 Å². The Morgan fingerprint density at radius 2 is 1.64 bits per heavy atom. The van der Waals surface area contributed by atoms with E-state index in [4.69, 9.17) is 0 Å². The van der Waals surface area contributed by atoms with Crippen molar-refractivity contribution < 1.29 is 22.7 Å². The predicted octanol–water partition coefficient (Wildman–Crippen LogP) is 4.48. The van der Waals surface area contributed by atoms with Gasteiger partial charge in [0.1, 0.15) is 5.82 Å². The third-order valence-electron chi connectivity index (χ3n) is 3.54. The molecule has 28 heavy (non-hydrogen) atoms. The van der Waals surface area contributed by atoms with Crippen LogP contribution in [0.15, 0.2) is 54.9 Å². The van der Waals surface area contributed by atoms with E-state index in [9.17, 15) is 18.0 Å². The molecule has 0 aliphatic carbocycles. The zero-order chi connectivity index (χ0) is 20.1. The van der Waals surface area contributed by atoms with Crippen molar-refractivity contribution in [3.05, 3.63) is 60.6 Å². The maximum atomic E-state index is 13.2. The minimum atomic E-state index is -4.63. The summed E-state index contributed by atoms with van der Waals surface area (Å²) in [5.74, 6) is -0.105. The fraction of sp³-hybridized carbons (Fsp3) is 0.111.